The third-order valence-corrected chi connectivity index (χ3v) is 4.03. The molecule has 1 aliphatic heterocycles. The summed E-state index contributed by atoms with van der Waals surface area (Å²) >= 11 is 0. The highest BCUT2D eigenvalue weighted by molar-refractivity contribution is 6.35. The summed E-state index contributed by atoms with van der Waals surface area (Å²) in [5.74, 6) is -0.326. The molecule has 5 nitrogen and oxygen atoms in total. The Morgan fingerprint density at radius 2 is 1.74 bits per heavy atom. The van der Waals surface area contributed by atoms with Gasteiger partial charge in [-0.1, -0.05) is 25.7 Å². The molecule has 1 saturated carbocycles. The number of hydrogen-bond acceptors (Lipinski definition) is 3. The van der Waals surface area contributed by atoms with Crippen LogP contribution < -0.4 is 10.6 Å². The summed E-state index contributed by atoms with van der Waals surface area (Å²) in [5, 5.41) is 5.32. The molecule has 0 aromatic carbocycles. The maximum atomic E-state index is 11.6. The second-order valence-electron chi connectivity index (χ2n) is 5.54. The van der Waals surface area contributed by atoms with Gasteiger partial charge in [0, 0.05) is 19.7 Å². The van der Waals surface area contributed by atoms with Crippen LogP contribution in [0.2, 0.25) is 0 Å². The first-order valence-corrected chi connectivity index (χ1v) is 7.43. The van der Waals surface area contributed by atoms with Gasteiger partial charge in [0.1, 0.15) is 0 Å². The molecule has 2 amide bonds. The lowest BCUT2D eigenvalue weighted by molar-refractivity contribution is -0.139. The van der Waals surface area contributed by atoms with E-state index in [0.29, 0.717) is 13.1 Å². The molecule has 1 heterocycles. The van der Waals surface area contributed by atoms with E-state index in [1.165, 1.54) is 25.7 Å². The van der Waals surface area contributed by atoms with E-state index in [0.717, 1.165) is 31.8 Å². The molecule has 2 aliphatic rings. The van der Waals surface area contributed by atoms with Crippen molar-refractivity contribution >= 4 is 11.8 Å². The number of ether oxygens (including phenoxy) is 1. The summed E-state index contributed by atoms with van der Waals surface area (Å²) < 4.78 is 5.39. The fraction of sp³-hybridized carbons (Fsp3) is 0.857. The Kier molecular flexibility index (Phi) is 5.63. The standard InChI is InChI=1S/C14H24N2O3/c17-13(15-8-7-11-4-1-2-5-11)14(18)16-10-12-6-3-9-19-12/h11-12H,1-10H2,(H,15,17)(H,16,18)/t12-/m1/s1. The molecule has 0 unspecified atom stereocenters. The maximum Gasteiger partial charge on any atom is 0.309 e. The van der Waals surface area contributed by atoms with Crippen LogP contribution in [-0.4, -0.2) is 37.6 Å². The second kappa shape index (κ2) is 7.48. The first-order valence-electron chi connectivity index (χ1n) is 7.43. The zero-order valence-corrected chi connectivity index (χ0v) is 11.5. The zero-order chi connectivity index (χ0) is 13.5. The largest absolute Gasteiger partial charge is 0.376 e. The predicted octanol–water partition coefficient (Wildman–Crippen LogP) is 0.978. The lowest BCUT2D eigenvalue weighted by Crippen LogP contribution is -2.43. The minimum absolute atomic E-state index is 0.0789. The van der Waals surface area contributed by atoms with Crippen LogP contribution in [0.25, 0.3) is 0 Å². The Bertz CT molecular complexity index is 308. The van der Waals surface area contributed by atoms with Crippen molar-refractivity contribution in [3.8, 4) is 0 Å². The van der Waals surface area contributed by atoms with Gasteiger partial charge >= 0.3 is 11.8 Å². The van der Waals surface area contributed by atoms with Gasteiger partial charge in [0.05, 0.1) is 6.10 Å². The molecule has 1 saturated heterocycles. The van der Waals surface area contributed by atoms with E-state index in [1.54, 1.807) is 0 Å². The van der Waals surface area contributed by atoms with Crippen molar-refractivity contribution in [2.75, 3.05) is 19.7 Å². The average molecular weight is 268 g/mol. The SMILES string of the molecule is O=C(NCCC1CCCC1)C(=O)NC[C@H]1CCCO1. The third-order valence-electron chi connectivity index (χ3n) is 4.03. The van der Waals surface area contributed by atoms with E-state index < -0.39 is 11.8 Å². The van der Waals surface area contributed by atoms with Crippen molar-refractivity contribution in [1.82, 2.24) is 10.6 Å². The molecule has 1 atom stereocenters. The van der Waals surface area contributed by atoms with Crippen molar-refractivity contribution in [3.05, 3.63) is 0 Å². The van der Waals surface area contributed by atoms with Crippen molar-refractivity contribution in [2.24, 2.45) is 5.92 Å². The smallest absolute Gasteiger partial charge is 0.309 e. The first kappa shape index (κ1) is 14.3. The number of nitrogens with one attached hydrogen (secondary N) is 2. The lowest BCUT2D eigenvalue weighted by atomic mass is 10.0. The number of rotatable bonds is 5. The molecule has 5 heteroatoms. The summed E-state index contributed by atoms with van der Waals surface area (Å²) in [5.41, 5.74) is 0. The van der Waals surface area contributed by atoms with E-state index in [9.17, 15) is 9.59 Å². The van der Waals surface area contributed by atoms with Gasteiger partial charge < -0.3 is 15.4 Å². The van der Waals surface area contributed by atoms with Crippen molar-refractivity contribution in [3.63, 3.8) is 0 Å². The normalized spacial score (nSPS) is 23.5. The molecule has 0 aromatic heterocycles. The van der Waals surface area contributed by atoms with Gasteiger partial charge in [-0.2, -0.15) is 0 Å². The summed E-state index contributed by atoms with van der Waals surface area (Å²) in [6.45, 7) is 1.81. The van der Waals surface area contributed by atoms with Gasteiger partial charge in [0.2, 0.25) is 0 Å². The van der Waals surface area contributed by atoms with Gasteiger partial charge in [0.15, 0.2) is 0 Å². The summed E-state index contributed by atoms with van der Waals surface area (Å²) in [6.07, 6.45) is 8.21. The molecule has 0 spiro atoms. The van der Waals surface area contributed by atoms with E-state index in [2.05, 4.69) is 10.6 Å². The van der Waals surface area contributed by atoms with Crippen LogP contribution in [0.5, 0.6) is 0 Å². The van der Waals surface area contributed by atoms with Gasteiger partial charge in [-0.25, -0.2) is 0 Å². The van der Waals surface area contributed by atoms with Gasteiger partial charge in [-0.3, -0.25) is 9.59 Å². The van der Waals surface area contributed by atoms with Crippen LogP contribution in [-0.2, 0) is 14.3 Å². The highest BCUT2D eigenvalue weighted by Crippen LogP contribution is 2.26. The van der Waals surface area contributed by atoms with Gasteiger partial charge in [-0.15, -0.1) is 0 Å². The molecule has 1 aliphatic carbocycles. The Morgan fingerprint density at radius 1 is 1.00 bits per heavy atom. The molecule has 0 aromatic rings. The van der Waals surface area contributed by atoms with Crippen LogP contribution in [0.1, 0.15) is 44.9 Å². The molecule has 2 fully saturated rings. The molecule has 0 bridgehead atoms. The minimum atomic E-state index is -0.540. The van der Waals surface area contributed by atoms with Crippen molar-refractivity contribution in [1.29, 1.82) is 0 Å². The zero-order valence-electron chi connectivity index (χ0n) is 11.5. The van der Waals surface area contributed by atoms with Crippen LogP contribution in [0.3, 0.4) is 0 Å². The van der Waals surface area contributed by atoms with Crippen LogP contribution >= 0.6 is 0 Å². The average Bonchev–Trinajstić information content (AvgIpc) is 3.08. The van der Waals surface area contributed by atoms with Crippen molar-refractivity contribution < 1.29 is 14.3 Å². The Morgan fingerprint density at radius 3 is 2.42 bits per heavy atom. The molecule has 108 valence electrons. The van der Waals surface area contributed by atoms with E-state index in [1.807, 2.05) is 0 Å². The molecule has 2 N–H and O–H groups in total. The monoisotopic (exact) mass is 268 g/mol. The quantitative estimate of drug-likeness (QED) is 0.730. The molecular formula is C14H24N2O3. The predicted molar refractivity (Wildman–Crippen MR) is 71.6 cm³/mol. The van der Waals surface area contributed by atoms with E-state index >= 15 is 0 Å². The number of amides is 2. The molecule has 19 heavy (non-hydrogen) atoms. The van der Waals surface area contributed by atoms with Crippen LogP contribution in [0.15, 0.2) is 0 Å². The Balaban J connectivity index is 1.55. The van der Waals surface area contributed by atoms with E-state index in [-0.39, 0.29) is 6.10 Å². The van der Waals surface area contributed by atoms with Crippen LogP contribution in [0, 0.1) is 5.92 Å². The van der Waals surface area contributed by atoms with Crippen LogP contribution in [0.4, 0.5) is 0 Å². The summed E-state index contributed by atoms with van der Waals surface area (Å²) in [7, 11) is 0. The fourth-order valence-electron chi connectivity index (χ4n) is 2.86. The molecule has 0 radical (unpaired) electrons. The number of carbonyl (C=O) groups excluding carboxylic acids is 2. The Labute approximate surface area is 114 Å². The topological polar surface area (TPSA) is 67.4 Å². The fourth-order valence-corrected chi connectivity index (χ4v) is 2.86. The summed E-state index contributed by atoms with van der Waals surface area (Å²) in [6, 6.07) is 0. The lowest BCUT2D eigenvalue weighted by Gasteiger charge is -2.12. The third kappa shape index (κ3) is 4.82. The van der Waals surface area contributed by atoms with Crippen molar-refractivity contribution in [2.45, 2.75) is 51.0 Å². The number of hydrogen-bond donors (Lipinski definition) is 2. The second-order valence-corrected chi connectivity index (χ2v) is 5.54. The first-order chi connectivity index (χ1) is 9.25. The van der Waals surface area contributed by atoms with Gasteiger partial charge in [-0.05, 0) is 25.2 Å². The highest BCUT2D eigenvalue weighted by atomic mass is 16.5. The highest BCUT2D eigenvalue weighted by Gasteiger charge is 2.20. The Hall–Kier alpha value is -1.10. The number of carbonyl (C=O) groups is 2. The van der Waals surface area contributed by atoms with Gasteiger partial charge in [0.25, 0.3) is 0 Å². The van der Waals surface area contributed by atoms with E-state index in [4.69, 9.17) is 4.74 Å². The molecular weight excluding hydrogens is 244 g/mol. The molecule has 2 rings (SSSR count). The maximum absolute atomic E-state index is 11.6. The summed E-state index contributed by atoms with van der Waals surface area (Å²) in [4.78, 5) is 23.1. The minimum Gasteiger partial charge on any atom is -0.376 e.